The van der Waals surface area contributed by atoms with Gasteiger partial charge < -0.3 is 4.90 Å². The highest BCUT2D eigenvalue weighted by molar-refractivity contribution is 7.80. The largest absolute Gasteiger partial charge is 0.316 e. The van der Waals surface area contributed by atoms with Crippen molar-refractivity contribution in [2.24, 2.45) is 0 Å². The van der Waals surface area contributed by atoms with E-state index in [1.807, 2.05) is 0 Å². The van der Waals surface area contributed by atoms with Gasteiger partial charge in [-0.1, -0.05) is 12.2 Å². The molecule has 1 aliphatic rings. The lowest BCUT2D eigenvalue weighted by Gasteiger charge is -2.19. The highest BCUT2D eigenvalue weighted by Crippen LogP contribution is 2.05. The first kappa shape index (κ1) is 8.33. The normalized spacial score (nSPS) is 17.7. The highest BCUT2D eigenvalue weighted by Gasteiger charge is 2.15. The number of hydrogen-bond donors (Lipinski definition) is 0. The highest BCUT2D eigenvalue weighted by atomic mass is 32.1. The Morgan fingerprint density at radius 1 is 1.73 bits per heavy atom. The molecule has 0 N–H and O–H groups in total. The summed E-state index contributed by atoms with van der Waals surface area (Å²) in [4.78, 5) is 13.0. The molecule has 0 spiro atoms. The average molecular weight is 173 g/mol. The number of alkyl halides is 1. The van der Waals surface area contributed by atoms with Crippen molar-refractivity contribution in [3.63, 3.8) is 0 Å². The minimum absolute atomic E-state index is 0.116. The van der Waals surface area contributed by atoms with Crippen LogP contribution in [0.15, 0.2) is 12.3 Å². The summed E-state index contributed by atoms with van der Waals surface area (Å²) >= 11 is 4.79. The maximum Gasteiger partial charge on any atom is 0.231 e. The van der Waals surface area contributed by atoms with Gasteiger partial charge >= 0.3 is 0 Å². The average Bonchev–Trinajstić information content (AvgIpc) is 1.95. The van der Waals surface area contributed by atoms with E-state index in [-0.39, 0.29) is 18.9 Å². The van der Waals surface area contributed by atoms with Crippen LogP contribution in [0.4, 0.5) is 4.39 Å². The number of hydrogen-bond acceptors (Lipinski definition) is 2. The lowest BCUT2D eigenvalue weighted by atomic mass is 10.2. The zero-order valence-electron chi connectivity index (χ0n) is 5.92. The van der Waals surface area contributed by atoms with Crippen molar-refractivity contribution in [3.8, 4) is 0 Å². The summed E-state index contributed by atoms with van der Waals surface area (Å²) in [5, 5.41) is 0. The number of thiocarbonyl (C=S) groups is 1. The molecule has 60 valence electrons. The predicted octanol–water partition coefficient (Wildman–Crippen LogP) is 1.07. The third-order valence-corrected chi connectivity index (χ3v) is 1.69. The molecule has 0 radical (unpaired) electrons. The van der Waals surface area contributed by atoms with Crippen LogP contribution in [0, 0.1) is 0 Å². The molecular weight excluding hydrogens is 165 g/mol. The molecular formula is C7H8FNOS. The van der Waals surface area contributed by atoms with E-state index in [9.17, 15) is 9.18 Å². The molecule has 4 heteroatoms. The number of rotatable bonds is 2. The summed E-state index contributed by atoms with van der Waals surface area (Å²) in [6.45, 7) is -0.374. The molecule has 0 aliphatic carbocycles. The Morgan fingerprint density at radius 2 is 2.45 bits per heavy atom. The number of carbonyl (C=O) groups excluding carboxylic acids is 1. The van der Waals surface area contributed by atoms with Crippen LogP contribution in [-0.2, 0) is 4.79 Å². The van der Waals surface area contributed by atoms with E-state index >= 15 is 0 Å². The minimum Gasteiger partial charge on any atom is -0.316 e. The molecule has 11 heavy (non-hydrogen) atoms. The van der Waals surface area contributed by atoms with E-state index in [2.05, 4.69) is 0 Å². The van der Waals surface area contributed by atoms with E-state index in [1.165, 1.54) is 11.1 Å². The molecule has 0 bridgehead atoms. The van der Waals surface area contributed by atoms with Crippen LogP contribution in [-0.4, -0.2) is 28.9 Å². The molecule has 0 saturated heterocycles. The van der Waals surface area contributed by atoms with Crippen molar-refractivity contribution in [1.29, 1.82) is 0 Å². The van der Waals surface area contributed by atoms with Crippen LogP contribution < -0.4 is 0 Å². The SMILES string of the molecule is O=C1CC(=S)C=CN1CCF. The fourth-order valence-electron chi connectivity index (χ4n) is 0.856. The summed E-state index contributed by atoms with van der Waals surface area (Å²) in [7, 11) is 0. The molecule has 0 saturated carbocycles. The second-order valence-electron chi connectivity index (χ2n) is 2.23. The molecule has 0 aromatic carbocycles. The summed E-state index contributed by atoms with van der Waals surface area (Å²) < 4.78 is 11.8. The number of nitrogens with zero attached hydrogens (tertiary/aromatic N) is 1. The second-order valence-corrected chi connectivity index (χ2v) is 2.76. The van der Waals surface area contributed by atoms with Gasteiger partial charge in [-0.25, -0.2) is 4.39 Å². The minimum atomic E-state index is -0.511. The molecule has 2 nitrogen and oxygen atoms in total. The van der Waals surface area contributed by atoms with Crippen molar-refractivity contribution in [3.05, 3.63) is 12.3 Å². The van der Waals surface area contributed by atoms with Gasteiger partial charge in [-0.3, -0.25) is 4.79 Å². The van der Waals surface area contributed by atoms with Gasteiger partial charge in [0.2, 0.25) is 5.91 Å². The van der Waals surface area contributed by atoms with Crippen molar-refractivity contribution in [2.75, 3.05) is 13.2 Å². The van der Waals surface area contributed by atoms with Crippen molar-refractivity contribution < 1.29 is 9.18 Å². The smallest absolute Gasteiger partial charge is 0.231 e. The van der Waals surface area contributed by atoms with Crippen molar-refractivity contribution in [1.82, 2.24) is 4.90 Å². The number of halogens is 1. The molecule has 0 atom stereocenters. The van der Waals surface area contributed by atoms with E-state index in [0.717, 1.165) is 0 Å². The third kappa shape index (κ3) is 2.08. The molecule has 1 rings (SSSR count). The van der Waals surface area contributed by atoms with E-state index in [0.29, 0.717) is 4.86 Å². The van der Waals surface area contributed by atoms with Gasteiger partial charge in [0.05, 0.1) is 13.0 Å². The Hall–Kier alpha value is -0.770. The molecule has 1 heterocycles. The van der Waals surface area contributed by atoms with Crippen LogP contribution >= 0.6 is 12.2 Å². The van der Waals surface area contributed by atoms with Crippen molar-refractivity contribution >= 4 is 23.0 Å². The van der Waals surface area contributed by atoms with E-state index in [1.54, 1.807) is 6.08 Å². The zero-order chi connectivity index (χ0) is 8.27. The van der Waals surface area contributed by atoms with Gasteiger partial charge in [0.25, 0.3) is 0 Å². The molecule has 0 fully saturated rings. The summed E-state index contributed by atoms with van der Waals surface area (Å²) in [6.07, 6.45) is 3.44. The maximum atomic E-state index is 11.8. The number of carbonyl (C=O) groups is 1. The Kier molecular flexibility index (Phi) is 2.70. The Bertz CT molecular complexity index is 214. The third-order valence-electron chi connectivity index (χ3n) is 1.41. The predicted molar refractivity (Wildman–Crippen MR) is 44.0 cm³/mol. The van der Waals surface area contributed by atoms with Gasteiger partial charge in [0.15, 0.2) is 0 Å². The van der Waals surface area contributed by atoms with E-state index in [4.69, 9.17) is 12.2 Å². The fourth-order valence-corrected chi connectivity index (χ4v) is 1.04. The number of amides is 1. The van der Waals surface area contributed by atoms with Gasteiger partial charge in [0, 0.05) is 11.1 Å². The lowest BCUT2D eigenvalue weighted by molar-refractivity contribution is -0.127. The summed E-state index contributed by atoms with van der Waals surface area (Å²) in [5.41, 5.74) is 0. The van der Waals surface area contributed by atoms with Crippen molar-refractivity contribution in [2.45, 2.75) is 6.42 Å². The monoisotopic (exact) mass is 173 g/mol. The standard InChI is InChI=1S/C7H8FNOS/c8-2-4-9-3-1-6(11)5-7(9)10/h1,3H,2,4-5H2. The van der Waals surface area contributed by atoms with Gasteiger partial charge in [-0.05, 0) is 6.08 Å². The molecule has 0 aromatic heterocycles. The first-order valence-corrected chi connectivity index (χ1v) is 3.71. The van der Waals surface area contributed by atoms with E-state index < -0.39 is 6.67 Å². The van der Waals surface area contributed by atoms with Gasteiger partial charge in [0.1, 0.15) is 6.67 Å². The zero-order valence-corrected chi connectivity index (χ0v) is 6.73. The van der Waals surface area contributed by atoms with Crippen LogP contribution in [0.2, 0.25) is 0 Å². The van der Waals surface area contributed by atoms with Gasteiger partial charge in [-0.15, -0.1) is 0 Å². The molecule has 0 unspecified atom stereocenters. The maximum absolute atomic E-state index is 11.8. The first-order valence-electron chi connectivity index (χ1n) is 3.30. The summed E-state index contributed by atoms with van der Waals surface area (Å²) in [5.74, 6) is -0.116. The topological polar surface area (TPSA) is 20.3 Å². The number of allylic oxidation sites excluding steroid dienone is 1. The lowest BCUT2D eigenvalue weighted by Crippen LogP contribution is -2.31. The fraction of sp³-hybridized carbons (Fsp3) is 0.429. The van der Waals surface area contributed by atoms with Crippen LogP contribution in [0.5, 0.6) is 0 Å². The molecule has 1 amide bonds. The second kappa shape index (κ2) is 3.57. The van der Waals surface area contributed by atoms with Crippen LogP contribution in [0.3, 0.4) is 0 Å². The molecule has 1 aliphatic heterocycles. The molecule has 0 aromatic rings. The van der Waals surface area contributed by atoms with Crippen LogP contribution in [0.1, 0.15) is 6.42 Å². The quantitative estimate of drug-likeness (QED) is 0.582. The Labute approximate surface area is 69.7 Å². The Balaban J connectivity index is 2.61. The van der Waals surface area contributed by atoms with Gasteiger partial charge in [-0.2, -0.15) is 0 Å². The van der Waals surface area contributed by atoms with Crippen LogP contribution in [0.25, 0.3) is 0 Å². The first-order chi connectivity index (χ1) is 5.24. The Morgan fingerprint density at radius 3 is 3.00 bits per heavy atom. The summed E-state index contributed by atoms with van der Waals surface area (Å²) in [6, 6.07) is 0.